The van der Waals surface area contributed by atoms with Crippen LogP contribution in [0, 0.1) is 12.3 Å². The van der Waals surface area contributed by atoms with Gasteiger partial charge in [0.2, 0.25) is 0 Å². The first-order valence-electron chi connectivity index (χ1n) is 10.9. The second-order valence-electron chi connectivity index (χ2n) is 9.36. The summed E-state index contributed by atoms with van der Waals surface area (Å²) in [4.78, 5) is 27.9. The molecule has 33 heavy (non-hydrogen) atoms. The van der Waals surface area contributed by atoms with E-state index >= 15 is 0 Å². The molecule has 1 aromatic carbocycles. The summed E-state index contributed by atoms with van der Waals surface area (Å²) in [7, 11) is 4.10. The van der Waals surface area contributed by atoms with Gasteiger partial charge >= 0.3 is 5.76 Å². The second kappa shape index (κ2) is 9.15. The molecule has 8 nitrogen and oxygen atoms in total. The number of hydrogen-bond acceptors (Lipinski definition) is 7. The Bertz CT molecular complexity index is 1310. The van der Waals surface area contributed by atoms with Gasteiger partial charge < -0.3 is 14.1 Å². The number of aromatic nitrogens is 4. The third-order valence-corrected chi connectivity index (χ3v) is 5.18. The lowest BCUT2D eigenvalue weighted by Gasteiger charge is -2.27. The lowest BCUT2D eigenvalue weighted by Crippen LogP contribution is -2.33. The Hall–Kier alpha value is -3.52. The van der Waals surface area contributed by atoms with Crippen LogP contribution in [0.5, 0.6) is 5.75 Å². The van der Waals surface area contributed by atoms with Crippen LogP contribution >= 0.6 is 0 Å². The third kappa shape index (κ3) is 5.46. The van der Waals surface area contributed by atoms with Crippen LogP contribution in [0.15, 0.2) is 58.0 Å². The van der Waals surface area contributed by atoms with Crippen molar-refractivity contribution < 1.29 is 9.15 Å². The average Bonchev–Trinajstić information content (AvgIpc) is 3.06. The summed E-state index contributed by atoms with van der Waals surface area (Å²) in [5, 5.41) is 0. The highest BCUT2D eigenvalue weighted by Crippen LogP contribution is 2.22. The number of ether oxygens (including phenoxy) is 1. The minimum atomic E-state index is -0.427. The molecule has 3 aromatic heterocycles. The molecule has 4 rings (SSSR count). The van der Waals surface area contributed by atoms with Crippen molar-refractivity contribution in [2.75, 3.05) is 27.2 Å². The van der Waals surface area contributed by atoms with Crippen LogP contribution < -0.4 is 10.5 Å². The molecule has 8 heteroatoms. The molecule has 0 aliphatic carbocycles. The first kappa shape index (κ1) is 22.7. The highest BCUT2D eigenvalue weighted by molar-refractivity contribution is 5.68. The normalized spacial score (nSPS) is 11.9. The Balaban J connectivity index is 1.50. The molecule has 0 radical (unpaired) electrons. The van der Waals surface area contributed by atoms with Crippen LogP contribution in [0.25, 0.3) is 22.6 Å². The predicted octanol–water partition coefficient (Wildman–Crippen LogP) is 3.77. The van der Waals surface area contributed by atoms with Gasteiger partial charge in [-0.1, -0.05) is 32.0 Å². The van der Waals surface area contributed by atoms with E-state index in [4.69, 9.17) is 9.15 Å². The van der Waals surface area contributed by atoms with Crippen molar-refractivity contribution in [1.29, 1.82) is 0 Å². The summed E-state index contributed by atoms with van der Waals surface area (Å²) < 4.78 is 12.8. The molecule has 4 aromatic rings. The molecule has 0 amide bonds. The van der Waals surface area contributed by atoms with Crippen molar-refractivity contribution in [2.24, 2.45) is 5.41 Å². The lowest BCUT2D eigenvalue weighted by atomic mass is 9.94. The second-order valence-corrected chi connectivity index (χ2v) is 9.36. The van der Waals surface area contributed by atoms with Crippen LogP contribution in [0.2, 0.25) is 0 Å². The zero-order valence-electron chi connectivity index (χ0n) is 19.7. The number of pyridine rings is 1. The number of hydrogen-bond donors (Lipinski definition) is 0. The van der Waals surface area contributed by atoms with Crippen LogP contribution in [0.1, 0.15) is 25.1 Å². The number of benzene rings is 1. The summed E-state index contributed by atoms with van der Waals surface area (Å²) in [5.41, 5.74) is 3.65. The molecule has 0 fully saturated rings. The van der Waals surface area contributed by atoms with Crippen molar-refractivity contribution in [2.45, 2.75) is 27.3 Å². The van der Waals surface area contributed by atoms with Crippen molar-refractivity contribution in [3.05, 3.63) is 70.6 Å². The largest absolute Gasteiger partial charge is 0.490 e. The number of aryl methyl sites for hydroxylation is 1. The lowest BCUT2D eigenvalue weighted by molar-refractivity contribution is 0.140. The maximum absolute atomic E-state index is 12.4. The Kier molecular flexibility index (Phi) is 6.29. The average molecular weight is 448 g/mol. The standard InChI is InChI=1S/C25H29N5O3/c1-17-9-10-21-23(28-17)30(24(31)33-21)14-18-7-6-8-19(11-18)22-26-12-20(13-27-22)32-16-25(2,3)15-29(4)5/h6-13H,14-16H2,1-5H3. The predicted molar refractivity (Wildman–Crippen MR) is 127 cm³/mol. The van der Waals surface area contributed by atoms with Crippen LogP contribution in [-0.4, -0.2) is 51.7 Å². The molecule has 3 heterocycles. The van der Waals surface area contributed by atoms with Crippen molar-refractivity contribution in [1.82, 2.24) is 24.4 Å². The van der Waals surface area contributed by atoms with Crippen LogP contribution in [-0.2, 0) is 6.54 Å². The fraction of sp³-hybridized carbons (Fsp3) is 0.360. The Morgan fingerprint density at radius 3 is 2.61 bits per heavy atom. The summed E-state index contributed by atoms with van der Waals surface area (Å²) in [6.45, 7) is 8.06. The summed E-state index contributed by atoms with van der Waals surface area (Å²) in [5.74, 6) is 0.804. The summed E-state index contributed by atoms with van der Waals surface area (Å²) in [6.07, 6.45) is 3.39. The van der Waals surface area contributed by atoms with Gasteiger partial charge in [-0.25, -0.2) is 19.7 Å². The van der Waals surface area contributed by atoms with Crippen LogP contribution in [0.3, 0.4) is 0 Å². The highest BCUT2D eigenvalue weighted by atomic mass is 16.5. The van der Waals surface area contributed by atoms with E-state index in [1.807, 2.05) is 37.3 Å². The van der Waals surface area contributed by atoms with Gasteiger partial charge in [0.1, 0.15) is 0 Å². The molecule has 0 unspecified atom stereocenters. The van der Waals surface area contributed by atoms with Crippen molar-refractivity contribution >= 4 is 11.2 Å². The van der Waals surface area contributed by atoms with E-state index in [9.17, 15) is 4.79 Å². The number of nitrogens with zero attached hydrogens (tertiary/aromatic N) is 5. The maximum Gasteiger partial charge on any atom is 0.421 e. The third-order valence-electron chi connectivity index (χ3n) is 5.18. The molecule has 0 aliphatic heterocycles. The molecule has 0 saturated carbocycles. The van der Waals surface area contributed by atoms with Crippen LogP contribution in [0.4, 0.5) is 0 Å². The van der Waals surface area contributed by atoms with Gasteiger partial charge in [-0.3, -0.25) is 4.57 Å². The molecule has 0 spiro atoms. The van der Waals surface area contributed by atoms with E-state index in [-0.39, 0.29) is 5.41 Å². The van der Waals surface area contributed by atoms with Gasteiger partial charge in [0, 0.05) is 23.2 Å². The zero-order chi connectivity index (χ0) is 23.6. The number of oxazole rings is 1. The van der Waals surface area contributed by atoms with Gasteiger partial charge in [-0.2, -0.15) is 0 Å². The smallest absolute Gasteiger partial charge is 0.421 e. The maximum atomic E-state index is 12.4. The Morgan fingerprint density at radius 1 is 1.12 bits per heavy atom. The molecule has 172 valence electrons. The Labute approximate surface area is 192 Å². The van der Waals surface area contributed by atoms with Gasteiger partial charge in [0.15, 0.2) is 22.8 Å². The summed E-state index contributed by atoms with van der Waals surface area (Å²) in [6, 6.07) is 11.4. The van der Waals surface area contributed by atoms with Crippen molar-refractivity contribution in [3.8, 4) is 17.1 Å². The number of fused-ring (bicyclic) bond motifs is 1. The van der Waals surface area contributed by atoms with E-state index < -0.39 is 5.76 Å². The highest BCUT2D eigenvalue weighted by Gasteiger charge is 2.20. The minimum Gasteiger partial charge on any atom is -0.490 e. The molecule has 0 atom stereocenters. The first-order chi connectivity index (χ1) is 15.7. The van der Waals surface area contributed by atoms with Gasteiger partial charge in [0.05, 0.1) is 25.5 Å². The molecule has 0 N–H and O–H groups in total. The summed E-state index contributed by atoms with van der Waals surface area (Å²) >= 11 is 0. The fourth-order valence-electron chi connectivity index (χ4n) is 3.89. The van der Waals surface area contributed by atoms with E-state index in [0.717, 1.165) is 23.4 Å². The van der Waals surface area contributed by atoms with Gasteiger partial charge in [0.25, 0.3) is 0 Å². The molecule has 0 saturated heterocycles. The SMILES string of the molecule is Cc1ccc2oc(=O)n(Cc3cccc(-c4ncc(OCC(C)(C)CN(C)C)cn4)c3)c2n1. The quantitative estimate of drug-likeness (QED) is 0.406. The fourth-order valence-corrected chi connectivity index (χ4v) is 3.89. The molecule has 0 aliphatic rings. The Morgan fingerprint density at radius 2 is 1.88 bits per heavy atom. The zero-order valence-corrected chi connectivity index (χ0v) is 19.7. The van der Waals surface area contributed by atoms with E-state index in [1.165, 1.54) is 4.57 Å². The molecule has 0 bridgehead atoms. The number of rotatable bonds is 8. The van der Waals surface area contributed by atoms with E-state index in [2.05, 4.69) is 47.8 Å². The molecular weight excluding hydrogens is 418 g/mol. The first-order valence-corrected chi connectivity index (χ1v) is 10.9. The minimum absolute atomic E-state index is 0.0131. The van der Waals surface area contributed by atoms with E-state index in [1.54, 1.807) is 18.5 Å². The van der Waals surface area contributed by atoms with Crippen molar-refractivity contribution in [3.63, 3.8) is 0 Å². The molecular formula is C25H29N5O3. The topological polar surface area (TPSA) is 86.3 Å². The van der Waals surface area contributed by atoms with E-state index in [0.29, 0.717) is 36.0 Å². The van der Waals surface area contributed by atoms with Gasteiger partial charge in [-0.15, -0.1) is 0 Å². The van der Waals surface area contributed by atoms with Gasteiger partial charge in [-0.05, 0) is 44.8 Å². The monoisotopic (exact) mass is 447 g/mol.